The number of amides is 1. The number of carbonyl (C=O) groups excluding carboxylic acids is 1. The van der Waals surface area contributed by atoms with Gasteiger partial charge in [0, 0.05) is 24.5 Å². The van der Waals surface area contributed by atoms with E-state index in [1.807, 2.05) is 62.7 Å². The number of hydrogen-bond donors (Lipinski definition) is 2. The Labute approximate surface area is 119 Å². The standard InChI is InChI=1S/C15H22N4O/c1-11(14(20)18-15(2,3)4)16-9-12-10-19-8-6-5-7-13(19)17-12/h5-8,10-11,16H,9H2,1-4H3,(H,18,20). The zero-order valence-electron chi connectivity index (χ0n) is 12.5. The van der Waals surface area contributed by atoms with Crippen molar-refractivity contribution in [2.45, 2.75) is 45.8 Å². The summed E-state index contributed by atoms with van der Waals surface area (Å²) < 4.78 is 1.97. The average molecular weight is 274 g/mol. The third-order valence-electron chi connectivity index (χ3n) is 2.89. The van der Waals surface area contributed by atoms with Crippen LogP contribution in [-0.4, -0.2) is 26.9 Å². The van der Waals surface area contributed by atoms with Crippen molar-refractivity contribution in [1.29, 1.82) is 0 Å². The van der Waals surface area contributed by atoms with Crippen molar-refractivity contribution in [2.75, 3.05) is 0 Å². The summed E-state index contributed by atoms with van der Waals surface area (Å²) in [6.45, 7) is 8.34. The Bertz CT molecular complexity index is 564. The van der Waals surface area contributed by atoms with Crippen molar-refractivity contribution in [2.24, 2.45) is 0 Å². The second-order valence-corrected chi connectivity index (χ2v) is 6.04. The minimum absolute atomic E-state index is 0.00117. The number of fused-ring (bicyclic) bond motifs is 1. The molecule has 0 aromatic carbocycles. The monoisotopic (exact) mass is 274 g/mol. The van der Waals surface area contributed by atoms with Crippen molar-refractivity contribution in [3.8, 4) is 0 Å². The van der Waals surface area contributed by atoms with E-state index in [0.717, 1.165) is 11.3 Å². The van der Waals surface area contributed by atoms with E-state index in [9.17, 15) is 4.79 Å². The highest BCUT2D eigenvalue weighted by atomic mass is 16.2. The molecule has 0 aliphatic carbocycles. The topological polar surface area (TPSA) is 58.4 Å². The fraction of sp³-hybridized carbons (Fsp3) is 0.467. The van der Waals surface area contributed by atoms with Crippen LogP contribution in [0.15, 0.2) is 30.6 Å². The molecule has 5 heteroatoms. The summed E-state index contributed by atoms with van der Waals surface area (Å²) in [4.78, 5) is 16.4. The largest absolute Gasteiger partial charge is 0.350 e. The molecule has 0 aliphatic heterocycles. The van der Waals surface area contributed by atoms with Gasteiger partial charge in [-0.05, 0) is 39.8 Å². The van der Waals surface area contributed by atoms with E-state index in [4.69, 9.17) is 0 Å². The number of imidazole rings is 1. The van der Waals surface area contributed by atoms with Gasteiger partial charge in [0.1, 0.15) is 5.65 Å². The van der Waals surface area contributed by atoms with Crippen LogP contribution in [0.4, 0.5) is 0 Å². The van der Waals surface area contributed by atoms with E-state index in [-0.39, 0.29) is 17.5 Å². The molecule has 0 bridgehead atoms. The lowest BCUT2D eigenvalue weighted by Gasteiger charge is -2.23. The number of pyridine rings is 1. The van der Waals surface area contributed by atoms with E-state index in [0.29, 0.717) is 6.54 Å². The maximum Gasteiger partial charge on any atom is 0.237 e. The molecule has 1 unspecified atom stereocenters. The fourth-order valence-corrected chi connectivity index (χ4v) is 1.90. The van der Waals surface area contributed by atoms with Crippen LogP contribution in [0.25, 0.3) is 5.65 Å². The number of aromatic nitrogens is 2. The zero-order chi connectivity index (χ0) is 14.8. The molecule has 2 N–H and O–H groups in total. The van der Waals surface area contributed by atoms with Crippen molar-refractivity contribution in [1.82, 2.24) is 20.0 Å². The van der Waals surface area contributed by atoms with Crippen molar-refractivity contribution < 1.29 is 4.79 Å². The molecule has 0 radical (unpaired) electrons. The van der Waals surface area contributed by atoms with Gasteiger partial charge < -0.3 is 15.0 Å². The summed E-state index contributed by atoms with van der Waals surface area (Å²) in [7, 11) is 0. The minimum atomic E-state index is -0.251. The summed E-state index contributed by atoms with van der Waals surface area (Å²) in [6, 6.07) is 5.63. The Hall–Kier alpha value is -1.88. The first-order valence-corrected chi connectivity index (χ1v) is 6.83. The molecular weight excluding hydrogens is 252 g/mol. The lowest BCUT2D eigenvalue weighted by atomic mass is 10.1. The van der Waals surface area contributed by atoms with Gasteiger partial charge in [-0.1, -0.05) is 6.07 Å². The Balaban J connectivity index is 1.93. The van der Waals surface area contributed by atoms with Gasteiger partial charge >= 0.3 is 0 Å². The second kappa shape index (κ2) is 5.63. The summed E-state index contributed by atoms with van der Waals surface area (Å²) in [6.07, 6.45) is 3.93. The maximum absolute atomic E-state index is 12.0. The van der Waals surface area contributed by atoms with E-state index >= 15 is 0 Å². The van der Waals surface area contributed by atoms with E-state index in [2.05, 4.69) is 15.6 Å². The lowest BCUT2D eigenvalue weighted by Crippen LogP contribution is -2.49. The Morgan fingerprint density at radius 1 is 1.40 bits per heavy atom. The summed E-state index contributed by atoms with van der Waals surface area (Å²) in [5.41, 5.74) is 1.62. The first-order valence-electron chi connectivity index (χ1n) is 6.83. The number of rotatable bonds is 4. The molecule has 2 heterocycles. The highest BCUT2D eigenvalue weighted by molar-refractivity contribution is 5.81. The SMILES string of the molecule is CC(NCc1cn2ccccc2n1)C(=O)NC(C)(C)C. The number of nitrogens with zero attached hydrogens (tertiary/aromatic N) is 2. The molecule has 0 fully saturated rings. The molecule has 0 aliphatic rings. The number of nitrogens with one attached hydrogen (secondary N) is 2. The van der Waals surface area contributed by atoms with Crippen LogP contribution in [0.5, 0.6) is 0 Å². The van der Waals surface area contributed by atoms with Gasteiger partial charge in [-0.3, -0.25) is 4.79 Å². The van der Waals surface area contributed by atoms with Gasteiger partial charge in [-0.2, -0.15) is 0 Å². The fourth-order valence-electron chi connectivity index (χ4n) is 1.90. The van der Waals surface area contributed by atoms with Crippen LogP contribution >= 0.6 is 0 Å². The smallest absolute Gasteiger partial charge is 0.237 e. The second-order valence-electron chi connectivity index (χ2n) is 6.04. The average Bonchev–Trinajstić information content (AvgIpc) is 2.76. The molecule has 1 atom stereocenters. The predicted molar refractivity (Wildman–Crippen MR) is 79.4 cm³/mol. The van der Waals surface area contributed by atoms with E-state index in [1.54, 1.807) is 0 Å². The molecule has 108 valence electrons. The number of hydrogen-bond acceptors (Lipinski definition) is 3. The first kappa shape index (κ1) is 14.5. The Kier molecular flexibility index (Phi) is 4.09. The molecule has 5 nitrogen and oxygen atoms in total. The van der Waals surface area contributed by atoms with Crippen LogP contribution < -0.4 is 10.6 Å². The molecule has 2 rings (SSSR count). The van der Waals surface area contributed by atoms with Gasteiger partial charge in [0.05, 0.1) is 11.7 Å². The highest BCUT2D eigenvalue weighted by Gasteiger charge is 2.18. The van der Waals surface area contributed by atoms with Gasteiger partial charge in [-0.15, -0.1) is 0 Å². The molecule has 2 aromatic rings. The first-order chi connectivity index (χ1) is 9.35. The molecule has 0 spiro atoms. The quantitative estimate of drug-likeness (QED) is 0.892. The molecule has 0 saturated carbocycles. The summed E-state index contributed by atoms with van der Waals surface area (Å²) in [5.74, 6) is 0.00117. The zero-order valence-corrected chi connectivity index (χ0v) is 12.5. The predicted octanol–water partition coefficient (Wildman–Crippen LogP) is 1.73. The van der Waals surface area contributed by atoms with E-state index < -0.39 is 0 Å². The minimum Gasteiger partial charge on any atom is -0.350 e. The summed E-state index contributed by atoms with van der Waals surface area (Å²) >= 11 is 0. The third kappa shape index (κ3) is 3.81. The van der Waals surface area contributed by atoms with E-state index in [1.165, 1.54) is 0 Å². The molecule has 0 saturated heterocycles. The van der Waals surface area contributed by atoms with Gasteiger partial charge in [0.15, 0.2) is 0 Å². The normalized spacial score (nSPS) is 13.4. The van der Waals surface area contributed by atoms with Crippen molar-refractivity contribution in [3.05, 3.63) is 36.3 Å². The van der Waals surface area contributed by atoms with Crippen LogP contribution in [0, 0.1) is 0 Å². The Morgan fingerprint density at radius 3 is 2.80 bits per heavy atom. The van der Waals surface area contributed by atoms with Gasteiger partial charge in [0.2, 0.25) is 5.91 Å². The van der Waals surface area contributed by atoms with Crippen LogP contribution in [-0.2, 0) is 11.3 Å². The van der Waals surface area contributed by atoms with Gasteiger partial charge in [0.25, 0.3) is 0 Å². The van der Waals surface area contributed by atoms with Crippen LogP contribution in [0.3, 0.4) is 0 Å². The summed E-state index contributed by atoms with van der Waals surface area (Å²) in [5, 5.41) is 6.15. The molecule has 1 amide bonds. The van der Waals surface area contributed by atoms with Crippen molar-refractivity contribution >= 4 is 11.6 Å². The van der Waals surface area contributed by atoms with Crippen molar-refractivity contribution in [3.63, 3.8) is 0 Å². The third-order valence-corrected chi connectivity index (χ3v) is 2.89. The highest BCUT2D eigenvalue weighted by Crippen LogP contribution is 2.05. The van der Waals surface area contributed by atoms with Crippen LogP contribution in [0.2, 0.25) is 0 Å². The molecule has 20 heavy (non-hydrogen) atoms. The number of carbonyl (C=O) groups is 1. The molecule has 2 aromatic heterocycles. The Morgan fingerprint density at radius 2 is 2.15 bits per heavy atom. The maximum atomic E-state index is 12.0. The molecular formula is C15H22N4O. The lowest BCUT2D eigenvalue weighted by molar-refractivity contribution is -0.124. The van der Waals surface area contributed by atoms with Gasteiger partial charge in [-0.25, -0.2) is 4.98 Å². The van der Waals surface area contributed by atoms with Crippen LogP contribution in [0.1, 0.15) is 33.4 Å².